The van der Waals surface area contributed by atoms with Gasteiger partial charge in [0.25, 0.3) is 0 Å². The first kappa shape index (κ1) is 25.4. The second-order valence-corrected chi connectivity index (χ2v) is 7.97. The summed E-state index contributed by atoms with van der Waals surface area (Å²) in [6, 6.07) is 2.98. The quantitative estimate of drug-likeness (QED) is 0.420. The summed E-state index contributed by atoms with van der Waals surface area (Å²) in [4.78, 5) is 21.8. The van der Waals surface area contributed by atoms with E-state index in [1.54, 1.807) is 0 Å². The molecule has 0 saturated heterocycles. The Morgan fingerprint density at radius 3 is 2.28 bits per heavy atom. The predicted molar refractivity (Wildman–Crippen MR) is 109 cm³/mol. The van der Waals surface area contributed by atoms with Crippen molar-refractivity contribution in [3.05, 3.63) is 42.1 Å². The SMILES string of the molecule is FC1(F)CCC(CNc2nc(Nc3ccnc(C(F)(F)F)c3)nc(-c3ccnc(C(F)(F)F)n3)n2)C1. The molecular weight excluding hydrogens is 504 g/mol. The Morgan fingerprint density at radius 2 is 1.61 bits per heavy atom. The Hall–Kier alpha value is -3.72. The molecule has 1 aliphatic carbocycles. The number of hydrogen-bond donors (Lipinski definition) is 2. The molecule has 3 aromatic heterocycles. The van der Waals surface area contributed by atoms with Crippen LogP contribution in [0.25, 0.3) is 11.5 Å². The summed E-state index contributed by atoms with van der Waals surface area (Å²) in [5.74, 6) is -5.55. The van der Waals surface area contributed by atoms with Crippen LogP contribution in [0.2, 0.25) is 0 Å². The van der Waals surface area contributed by atoms with Crippen molar-refractivity contribution in [3.8, 4) is 11.5 Å². The summed E-state index contributed by atoms with van der Waals surface area (Å²) in [6.07, 6.45) is -8.25. The number of pyridine rings is 1. The van der Waals surface area contributed by atoms with E-state index in [1.807, 2.05) is 0 Å². The van der Waals surface area contributed by atoms with E-state index in [0.29, 0.717) is 6.07 Å². The van der Waals surface area contributed by atoms with Gasteiger partial charge in [-0.25, -0.2) is 18.7 Å². The maximum absolute atomic E-state index is 13.5. The van der Waals surface area contributed by atoms with Crippen LogP contribution in [0.4, 0.5) is 52.7 Å². The minimum absolute atomic E-state index is 0.0313. The Labute approximate surface area is 197 Å². The third kappa shape index (κ3) is 6.28. The number of hydrogen-bond acceptors (Lipinski definition) is 8. The van der Waals surface area contributed by atoms with Crippen molar-refractivity contribution in [2.75, 3.05) is 17.2 Å². The van der Waals surface area contributed by atoms with Gasteiger partial charge in [-0.2, -0.15) is 41.3 Å². The Kier molecular flexibility index (Phi) is 6.62. The van der Waals surface area contributed by atoms with Crippen molar-refractivity contribution in [1.29, 1.82) is 0 Å². The van der Waals surface area contributed by atoms with Crippen LogP contribution in [0.1, 0.15) is 30.8 Å². The van der Waals surface area contributed by atoms with E-state index in [2.05, 4.69) is 40.5 Å². The minimum atomic E-state index is -4.86. The van der Waals surface area contributed by atoms with Gasteiger partial charge in [0.15, 0.2) is 5.82 Å². The highest BCUT2D eigenvalue weighted by atomic mass is 19.4. The van der Waals surface area contributed by atoms with E-state index < -0.39 is 35.7 Å². The lowest BCUT2D eigenvalue weighted by Gasteiger charge is -2.14. The van der Waals surface area contributed by atoms with Crippen LogP contribution in [0.15, 0.2) is 30.6 Å². The number of nitrogens with one attached hydrogen (secondary N) is 2. The van der Waals surface area contributed by atoms with Gasteiger partial charge >= 0.3 is 12.4 Å². The van der Waals surface area contributed by atoms with Crippen LogP contribution in [-0.2, 0) is 12.4 Å². The molecule has 3 aromatic rings. The summed E-state index contributed by atoms with van der Waals surface area (Å²) in [6.45, 7) is 0.0313. The molecule has 3 heterocycles. The topological polar surface area (TPSA) is 101 Å². The maximum Gasteiger partial charge on any atom is 0.451 e. The van der Waals surface area contributed by atoms with Crippen LogP contribution in [-0.4, -0.2) is 42.4 Å². The number of nitrogens with zero attached hydrogens (tertiary/aromatic N) is 6. The minimum Gasteiger partial charge on any atom is -0.354 e. The number of alkyl halides is 8. The fraction of sp³-hybridized carbons (Fsp3) is 0.400. The summed E-state index contributed by atoms with van der Waals surface area (Å²) >= 11 is 0. The summed E-state index contributed by atoms with van der Waals surface area (Å²) in [7, 11) is 0. The molecule has 1 saturated carbocycles. The fourth-order valence-corrected chi connectivity index (χ4v) is 3.49. The molecule has 1 aliphatic rings. The van der Waals surface area contributed by atoms with Crippen LogP contribution in [0.3, 0.4) is 0 Å². The van der Waals surface area contributed by atoms with Crippen molar-refractivity contribution < 1.29 is 35.1 Å². The summed E-state index contributed by atoms with van der Waals surface area (Å²) in [5, 5.41) is 5.27. The first-order valence-electron chi connectivity index (χ1n) is 10.4. The predicted octanol–water partition coefficient (Wildman–Crippen LogP) is 5.35. The number of rotatable bonds is 6. The van der Waals surface area contributed by atoms with E-state index in [0.717, 1.165) is 18.5 Å². The van der Waals surface area contributed by atoms with Crippen LogP contribution >= 0.6 is 0 Å². The normalized spacial score (nSPS) is 17.7. The molecule has 2 N–H and O–H groups in total. The molecule has 16 heteroatoms. The standard InChI is InChI=1S/C20H16F8N8/c21-18(22)4-1-10(8-18)9-31-16-34-14(12-3-6-30-15(33-12)20(26,27)28)35-17(36-16)32-11-2-5-29-13(7-11)19(23,24)25/h2-3,5-7,10H,1,4,8-9H2,(H2,29,31,32,34,35,36). The average Bonchev–Trinajstić information content (AvgIpc) is 3.15. The van der Waals surface area contributed by atoms with Crippen molar-refractivity contribution in [2.45, 2.75) is 37.5 Å². The largest absolute Gasteiger partial charge is 0.451 e. The molecule has 36 heavy (non-hydrogen) atoms. The second kappa shape index (κ2) is 9.39. The zero-order valence-electron chi connectivity index (χ0n) is 18.0. The van der Waals surface area contributed by atoms with Crippen molar-refractivity contribution in [1.82, 2.24) is 29.9 Å². The highest BCUT2D eigenvalue weighted by molar-refractivity contribution is 5.58. The molecule has 0 spiro atoms. The van der Waals surface area contributed by atoms with Gasteiger partial charge in [-0.05, 0) is 30.5 Å². The molecule has 4 rings (SSSR count). The van der Waals surface area contributed by atoms with Gasteiger partial charge in [-0.15, -0.1) is 0 Å². The van der Waals surface area contributed by atoms with Crippen LogP contribution < -0.4 is 10.6 Å². The van der Waals surface area contributed by atoms with E-state index in [4.69, 9.17) is 0 Å². The fourth-order valence-electron chi connectivity index (χ4n) is 3.49. The van der Waals surface area contributed by atoms with Crippen molar-refractivity contribution in [2.24, 2.45) is 5.92 Å². The monoisotopic (exact) mass is 520 g/mol. The van der Waals surface area contributed by atoms with Gasteiger partial charge in [0.05, 0.1) is 0 Å². The Balaban J connectivity index is 1.66. The van der Waals surface area contributed by atoms with E-state index in [9.17, 15) is 35.1 Å². The van der Waals surface area contributed by atoms with Gasteiger partial charge in [0.2, 0.25) is 23.6 Å². The van der Waals surface area contributed by atoms with E-state index in [-0.39, 0.29) is 54.9 Å². The molecule has 0 radical (unpaired) electrons. The van der Waals surface area contributed by atoms with Gasteiger partial charge < -0.3 is 10.6 Å². The summed E-state index contributed by atoms with van der Waals surface area (Å²) < 4.78 is 105. The molecule has 0 aliphatic heterocycles. The van der Waals surface area contributed by atoms with E-state index >= 15 is 0 Å². The molecule has 0 aromatic carbocycles. The van der Waals surface area contributed by atoms with Gasteiger partial charge in [-0.1, -0.05) is 0 Å². The lowest BCUT2D eigenvalue weighted by Crippen LogP contribution is -2.17. The van der Waals surface area contributed by atoms with Gasteiger partial charge in [-0.3, -0.25) is 4.98 Å². The zero-order chi connectivity index (χ0) is 26.1. The van der Waals surface area contributed by atoms with E-state index in [1.165, 1.54) is 6.07 Å². The Morgan fingerprint density at radius 1 is 0.889 bits per heavy atom. The lowest BCUT2D eigenvalue weighted by molar-refractivity contribution is -0.145. The second-order valence-electron chi connectivity index (χ2n) is 7.97. The van der Waals surface area contributed by atoms with Crippen molar-refractivity contribution in [3.63, 3.8) is 0 Å². The molecule has 0 amide bonds. The molecule has 192 valence electrons. The molecular formula is C20H16F8N8. The summed E-state index contributed by atoms with van der Waals surface area (Å²) in [5.41, 5.74) is -1.66. The smallest absolute Gasteiger partial charge is 0.354 e. The van der Waals surface area contributed by atoms with Crippen LogP contribution in [0, 0.1) is 5.92 Å². The maximum atomic E-state index is 13.5. The zero-order valence-corrected chi connectivity index (χ0v) is 18.0. The molecule has 1 atom stereocenters. The highest BCUT2D eigenvalue weighted by Crippen LogP contribution is 2.38. The third-order valence-electron chi connectivity index (χ3n) is 5.13. The van der Waals surface area contributed by atoms with Crippen LogP contribution in [0.5, 0.6) is 0 Å². The van der Waals surface area contributed by atoms with Crippen molar-refractivity contribution >= 4 is 17.6 Å². The molecule has 8 nitrogen and oxygen atoms in total. The van der Waals surface area contributed by atoms with Gasteiger partial charge in [0.1, 0.15) is 11.4 Å². The Bertz CT molecular complexity index is 1230. The molecule has 1 unspecified atom stereocenters. The average molecular weight is 520 g/mol. The first-order chi connectivity index (χ1) is 16.8. The molecule has 1 fully saturated rings. The number of anilines is 3. The lowest BCUT2D eigenvalue weighted by atomic mass is 10.1. The molecule has 0 bridgehead atoms. The highest BCUT2D eigenvalue weighted by Gasteiger charge is 2.39. The number of aromatic nitrogens is 6. The third-order valence-corrected chi connectivity index (χ3v) is 5.13. The van der Waals surface area contributed by atoms with Gasteiger partial charge in [0, 0.05) is 37.5 Å². The first-order valence-corrected chi connectivity index (χ1v) is 10.4. The number of halogens is 8.